The Morgan fingerprint density at radius 3 is 2.35 bits per heavy atom. The molecule has 108 valence electrons. The van der Waals surface area contributed by atoms with Gasteiger partial charge in [0.05, 0.1) is 15.9 Å². The Balaban J connectivity index is 2.39. The van der Waals surface area contributed by atoms with E-state index in [4.69, 9.17) is 17.4 Å². The monoisotopic (exact) mass is 324 g/mol. The quantitative estimate of drug-likeness (QED) is 0.506. The second-order valence-electron chi connectivity index (χ2n) is 3.98. The normalized spacial score (nSPS) is 13.5. The number of hydrazine groups is 1. The van der Waals surface area contributed by atoms with Crippen LogP contribution in [0.15, 0.2) is 30.3 Å². The van der Waals surface area contributed by atoms with Gasteiger partial charge in [0.1, 0.15) is 5.82 Å². The molecule has 0 spiro atoms. The average molecular weight is 325 g/mol. The average Bonchev–Trinajstić information content (AvgIpc) is 2.75. The zero-order valence-corrected chi connectivity index (χ0v) is 11.4. The molecule has 0 aliphatic heterocycles. The van der Waals surface area contributed by atoms with E-state index in [9.17, 15) is 17.6 Å². The van der Waals surface area contributed by atoms with Crippen molar-refractivity contribution in [3.8, 4) is 0 Å². The van der Waals surface area contributed by atoms with Crippen LogP contribution in [0.2, 0.25) is 4.34 Å². The second kappa shape index (κ2) is 5.69. The summed E-state index contributed by atoms with van der Waals surface area (Å²) in [7, 11) is 0. The number of benzene rings is 1. The van der Waals surface area contributed by atoms with Crippen LogP contribution in [-0.4, -0.2) is 0 Å². The minimum atomic E-state index is -4.72. The summed E-state index contributed by atoms with van der Waals surface area (Å²) < 4.78 is 51.5. The predicted molar refractivity (Wildman–Crippen MR) is 69.9 cm³/mol. The van der Waals surface area contributed by atoms with Crippen molar-refractivity contribution in [3.63, 3.8) is 0 Å². The number of halogens is 5. The molecular weight excluding hydrogens is 316 g/mol. The third-order valence-electron chi connectivity index (χ3n) is 2.68. The largest absolute Gasteiger partial charge is 0.419 e. The fourth-order valence-corrected chi connectivity index (χ4v) is 2.92. The van der Waals surface area contributed by atoms with E-state index in [0.29, 0.717) is 15.3 Å². The number of hydrogen-bond acceptors (Lipinski definition) is 3. The number of hydrogen-bond donors (Lipinski definition) is 2. The van der Waals surface area contributed by atoms with Gasteiger partial charge in [-0.05, 0) is 29.8 Å². The first-order valence-corrected chi connectivity index (χ1v) is 6.60. The van der Waals surface area contributed by atoms with E-state index >= 15 is 0 Å². The molecule has 20 heavy (non-hydrogen) atoms. The fourth-order valence-electron chi connectivity index (χ4n) is 1.77. The highest BCUT2D eigenvalue weighted by Crippen LogP contribution is 2.35. The third-order valence-corrected chi connectivity index (χ3v) is 3.97. The molecule has 1 heterocycles. The standard InChI is InChI=1S/C12H9ClF4N2S/c13-10-4-3-9(20-10)11(19-18)6-1-2-7(8(14)5-6)12(15,16)17/h1-5,11,19H,18H2. The number of alkyl halides is 3. The van der Waals surface area contributed by atoms with Crippen molar-refractivity contribution in [2.75, 3.05) is 0 Å². The molecule has 0 amide bonds. The molecule has 0 radical (unpaired) electrons. The summed E-state index contributed by atoms with van der Waals surface area (Å²) in [6, 6.07) is 5.39. The first kappa shape index (κ1) is 15.2. The lowest BCUT2D eigenvalue weighted by Gasteiger charge is -2.16. The van der Waals surface area contributed by atoms with Crippen molar-refractivity contribution >= 4 is 22.9 Å². The highest BCUT2D eigenvalue weighted by atomic mass is 35.5. The molecule has 1 aromatic heterocycles. The maximum atomic E-state index is 13.6. The molecule has 0 bridgehead atoms. The first-order valence-electron chi connectivity index (χ1n) is 5.41. The van der Waals surface area contributed by atoms with Gasteiger partial charge < -0.3 is 0 Å². The van der Waals surface area contributed by atoms with E-state index in [1.165, 1.54) is 17.4 Å². The highest BCUT2D eigenvalue weighted by Gasteiger charge is 2.34. The van der Waals surface area contributed by atoms with Gasteiger partial charge in [0, 0.05) is 4.88 Å². The Hall–Kier alpha value is -1.15. The Labute approximate surface area is 121 Å². The van der Waals surface area contributed by atoms with Crippen molar-refractivity contribution in [2.45, 2.75) is 12.2 Å². The molecule has 2 rings (SSSR count). The number of thiophene rings is 1. The van der Waals surface area contributed by atoms with Crippen LogP contribution in [0.25, 0.3) is 0 Å². The zero-order chi connectivity index (χ0) is 14.9. The van der Waals surface area contributed by atoms with Crippen molar-refractivity contribution in [1.82, 2.24) is 5.43 Å². The third kappa shape index (κ3) is 3.12. The Morgan fingerprint density at radius 2 is 1.90 bits per heavy atom. The predicted octanol–water partition coefficient (Wildman–Crippen LogP) is 4.11. The van der Waals surface area contributed by atoms with Crippen LogP contribution in [0.3, 0.4) is 0 Å². The van der Waals surface area contributed by atoms with E-state index in [-0.39, 0.29) is 5.56 Å². The topological polar surface area (TPSA) is 38.0 Å². The molecule has 0 aliphatic rings. The van der Waals surface area contributed by atoms with Crippen LogP contribution in [-0.2, 0) is 6.18 Å². The zero-order valence-electron chi connectivity index (χ0n) is 9.84. The van der Waals surface area contributed by atoms with Crippen molar-refractivity contribution < 1.29 is 17.6 Å². The minimum absolute atomic E-state index is 0.288. The summed E-state index contributed by atoms with van der Waals surface area (Å²) in [6.07, 6.45) is -4.72. The molecule has 3 N–H and O–H groups in total. The Morgan fingerprint density at radius 1 is 1.20 bits per heavy atom. The van der Waals surface area contributed by atoms with Gasteiger partial charge in [0.15, 0.2) is 0 Å². The van der Waals surface area contributed by atoms with Crippen LogP contribution in [0.1, 0.15) is 22.0 Å². The van der Waals surface area contributed by atoms with Gasteiger partial charge in [-0.1, -0.05) is 17.7 Å². The highest BCUT2D eigenvalue weighted by molar-refractivity contribution is 7.16. The maximum Gasteiger partial charge on any atom is 0.419 e. The van der Waals surface area contributed by atoms with Crippen molar-refractivity contribution in [1.29, 1.82) is 0 Å². The van der Waals surface area contributed by atoms with Crippen LogP contribution in [0, 0.1) is 5.82 Å². The molecular formula is C12H9ClF4N2S. The van der Waals surface area contributed by atoms with E-state index < -0.39 is 23.6 Å². The molecule has 0 fully saturated rings. The van der Waals surface area contributed by atoms with E-state index in [2.05, 4.69) is 5.43 Å². The molecule has 0 aliphatic carbocycles. The van der Waals surface area contributed by atoms with Gasteiger partial charge in [-0.2, -0.15) is 13.2 Å². The van der Waals surface area contributed by atoms with Crippen molar-refractivity contribution in [2.24, 2.45) is 5.84 Å². The fraction of sp³-hybridized carbons (Fsp3) is 0.167. The Bertz CT molecular complexity index is 612. The van der Waals surface area contributed by atoms with E-state index in [0.717, 1.165) is 6.07 Å². The SMILES string of the molecule is NNC(c1ccc(C(F)(F)F)c(F)c1)c1ccc(Cl)s1. The maximum absolute atomic E-state index is 13.6. The van der Waals surface area contributed by atoms with Gasteiger partial charge in [-0.25, -0.2) is 9.82 Å². The minimum Gasteiger partial charge on any atom is -0.271 e. The smallest absolute Gasteiger partial charge is 0.271 e. The van der Waals surface area contributed by atoms with E-state index in [1.54, 1.807) is 12.1 Å². The molecule has 0 saturated carbocycles. The summed E-state index contributed by atoms with van der Waals surface area (Å²) in [5, 5.41) is 0. The lowest BCUT2D eigenvalue weighted by Crippen LogP contribution is -2.28. The first-order chi connectivity index (χ1) is 9.32. The van der Waals surface area contributed by atoms with Gasteiger partial charge in [-0.3, -0.25) is 5.84 Å². The van der Waals surface area contributed by atoms with Crippen LogP contribution in [0.5, 0.6) is 0 Å². The van der Waals surface area contributed by atoms with Crippen LogP contribution in [0.4, 0.5) is 17.6 Å². The van der Waals surface area contributed by atoms with Crippen LogP contribution < -0.4 is 11.3 Å². The molecule has 8 heteroatoms. The summed E-state index contributed by atoms with van der Waals surface area (Å²) in [5.74, 6) is 4.05. The van der Waals surface area contributed by atoms with Gasteiger partial charge in [-0.15, -0.1) is 11.3 Å². The summed E-state index contributed by atoms with van der Waals surface area (Å²) in [5.41, 5.74) is 1.42. The van der Waals surface area contributed by atoms with E-state index in [1.807, 2.05) is 0 Å². The Kier molecular flexibility index (Phi) is 4.33. The van der Waals surface area contributed by atoms with Crippen LogP contribution >= 0.6 is 22.9 Å². The molecule has 0 saturated heterocycles. The lowest BCUT2D eigenvalue weighted by molar-refractivity contribution is -0.140. The van der Waals surface area contributed by atoms with Crippen molar-refractivity contribution in [3.05, 3.63) is 56.5 Å². The molecule has 1 aromatic carbocycles. The number of nitrogens with two attached hydrogens (primary N) is 1. The molecule has 2 nitrogen and oxygen atoms in total. The molecule has 1 atom stereocenters. The lowest BCUT2D eigenvalue weighted by atomic mass is 10.0. The summed E-state index contributed by atoms with van der Waals surface area (Å²) >= 11 is 7.00. The number of rotatable bonds is 3. The molecule has 2 aromatic rings. The molecule has 1 unspecified atom stereocenters. The van der Waals surface area contributed by atoms with Gasteiger partial charge in [0.2, 0.25) is 0 Å². The summed E-state index contributed by atoms with van der Waals surface area (Å²) in [6.45, 7) is 0. The number of nitrogens with one attached hydrogen (secondary N) is 1. The van der Waals surface area contributed by atoms with Gasteiger partial charge in [0.25, 0.3) is 0 Å². The second-order valence-corrected chi connectivity index (χ2v) is 5.73. The van der Waals surface area contributed by atoms with Gasteiger partial charge >= 0.3 is 6.18 Å². The summed E-state index contributed by atoms with van der Waals surface area (Å²) in [4.78, 5) is 0.677.